The van der Waals surface area contributed by atoms with Crippen LogP contribution in [0.5, 0.6) is 0 Å². The molecule has 0 spiro atoms. The zero-order valence-corrected chi connectivity index (χ0v) is 9.92. The van der Waals surface area contributed by atoms with Gasteiger partial charge in [0, 0.05) is 35.7 Å². The Hall–Kier alpha value is -0.540. The summed E-state index contributed by atoms with van der Waals surface area (Å²) in [5.74, 6) is 0.619. The van der Waals surface area contributed by atoms with Gasteiger partial charge in [0.05, 0.1) is 0 Å². The Bertz CT molecular complexity index is 338. The topological polar surface area (TPSA) is 29.3 Å². The minimum atomic E-state index is 0.619. The molecule has 1 aliphatic heterocycles. The van der Waals surface area contributed by atoms with Crippen LogP contribution in [-0.2, 0) is 0 Å². The van der Waals surface area contributed by atoms with Crippen molar-refractivity contribution in [3.63, 3.8) is 0 Å². The molecule has 0 saturated carbocycles. The molecular weight excluding hydrogens is 240 g/mol. The third-order valence-corrected chi connectivity index (χ3v) is 3.25. The van der Waals surface area contributed by atoms with Crippen LogP contribution in [0.4, 0.5) is 5.69 Å². The second-order valence-electron chi connectivity index (χ2n) is 3.84. The van der Waals surface area contributed by atoms with Crippen LogP contribution in [0.3, 0.4) is 0 Å². The van der Waals surface area contributed by atoms with Gasteiger partial charge in [-0.15, -0.1) is 0 Å². The van der Waals surface area contributed by atoms with E-state index in [1.54, 1.807) is 0 Å². The zero-order chi connectivity index (χ0) is 10.1. The second-order valence-corrected chi connectivity index (χ2v) is 4.75. The van der Waals surface area contributed by atoms with Gasteiger partial charge in [0.15, 0.2) is 0 Å². The highest BCUT2D eigenvalue weighted by atomic mass is 79.9. The van der Waals surface area contributed by atoms with Crippen molar-refractivity contribution in [2.24, 2.45) is 5.73 Å². The van der Waals surface area contributed by atoms with E-state index in [-0.39, 0.29) is 0 Å². The number of rotatable bonds is 2. The maximum absolute atomic E-state index is 5.59. The van der Waals surface area contributed by atoms with Crippen LogP contribution in [0.1, 0.15) is 18.4 Å². The molecule has 1 atom stereocenters. The van der Waals surface area contributed by atoms with E-state index in [4.69, 9.17) is 5.73 Å². The van der Waals surface area contributed by atoms with Crippen molar-refractivity contribution in [2.75, 3.05) is 24.5 Å². The van der Waals surface area contributed by atoms with Gasteiger partial charge in [-0.25, -0.2) is 0 Å². The summed E-state index contributed by atoms with van der Waals surface area (Å²) < 4.78 is 1.16. The average Bonchev–Trinajstić information content (AvgIpc) is 2.44. The lowest BCUT2D eigenvalue weighted by molar-refractivity contribution is 0.744. The number of benzene rings is 1. The Morgan fingerprint density at radius 1 is 1.57 bits per heavy atom. The van der Waals surface area contributed by atoms with Gasteiger partial charge < -0.3 is 10.6 Å². The molecule has 1 heterocycles. The van der Waals surface area contributed by atoms with E-state index in [2.05, 4.69) is 46.0 Å². The number of hydrogen-bond acceptors (Lipinski definition) is 2. The number of fused-ring (bicyclic) bond motifs is 1. The highest BCUT2D eigenvalue weighted by Gasteiger charge is 2.24. The normalized spacial score (nSPS) is 19.9. The molecule has 1 unspecified atom stereocenters. The molecular formula is C11H15BrN2. The Morgan fingerprint density at radius 3 is 3.07 bits per heavy atom. The van der Waals surface area contributed by atoms with Gasteiger partial charge in [-0.2, -0.15) is 0 Å². The van der Waals surface area contributed by atoms with Gasteiger partial charge >= 0.3 is 0 Å². The maximum Gasteiger partial charge on any atom is 0.0403 e. The molecule has 0 saturated heterocycles. The smallest absolute Gasteiger partial charge is 0.0403 e. The van der Waals surface area contributed by atoms with Gasteiger partial charge in [-0.05, 0) is 23.8 Å². The lowest BCUT2D eigenvalue weighted by Gasteiger charge is -2.18. The van der Waals surface area contributed by atoms with E-state index >= 15 is 0 Å². The first-order chi connectivity index (χ1) is 6.72. The number of nitrogens with zero attached hydrogens (tertiary/aromatic N) is 1. The van der Waals surface area contributed by atoms with Crippen molar-refractivity contribution in [2.45, 2.75) is 12.8 Å². The summed E-state index contributed by atoms with van der Waals surface area (Å²) in [6, 6.07) is 6.50. The van der Waals surface area contributed by atoms with E-state index in [1.807, 2.05) is 0 Å². The van der Waals surface area contributed by atoms with Crippen molar-refractivity contribution in [3.05, 3.63) is 28.2 Å². The van der Waals surface area contributed by atoms with E-state index in [0.29, 0.717) is 5.92 Å². The fourth-order valence-corrected chi connectivity index (χ4v) is 2.48. The van der Waals surface area contributed by atoms with Crippen molar-refractivity contribution in [1.29, 1.82) is 0 Å². The van der Waals surface area contributed by atoms with Crippen LogP contribution in [-0.4, -0.2) is 19.6 Å². The molecule has 2 nitrogen and oxygen atoms in total. The minimum Gasteiger partial charge on any atom is -0.369 e. The molecule has 1 aromatic rings. The molecule has 2 N–H and O–H groups in total. The van der Waals surface area contributed by atoms with Crippen LogP contribution in [0.25, 0.3) is 0 Å². The molecule has 76 valence electrons. The fourth-order valence-electron chi connectivity index (χ4n) is 2.10. The highest BCUT2D eigenvalue weighted by molar-refractivity contribution is 9.10. The van der Waals surface area contributed by atoms with Gasteiger partial charge in [0.2, 0.25) is 0 Å². The highest BCUT2D eigenvalue weighted by Crippen LogP contribution is 2.37. The van der Waals surface area contributed by atoms with Crippen LogP contribution in [0.2, 0.25) is 0 Å². The van der Waals surface area contributed by atoms with Crippen molar-refractivity contribution < 1.29 is 0 Å². The molecule has 0 bridgehead atoms. The molecule has 1 aromatic carbocycles. The second kappa shape index (κ2) is 3.91. The number of nitrogens with two attached hydrogens (primary N) is 1. The Kier molecular flexibility index (Phi) is 2.79. The zero-order valence-electron chi connectivity index (χ0n) is 8.33. The molecule has 0 fully saturated rings. The monoisotopic (exact) mass is 254 g/mol. The fraction of sp³-hybridized carbons (Fsp3) is 0.455. The maximum atomic E-state index is 5.59. The van der Waals surface area contributed by atoms with Crippen molar-refractivity contribution >= 4 is 21.6 Å². The lowest BCUT2D eigenvalue weighted by Crippen LogP contribution is -2.27. The van der Waals surface area contributed by atoms with Crippen LogP contribution in [0.15, 0.2) is 22.7 Å². The summed E-state index contributed by atoms with van der Waals surface area (Å²) in [4.78, 5) is 2.37. The summed E-state index contributed by atoms with van der Waals surface area (Å²) >= 11 is 3.51. The van der Waals surface area contributed by atoms with E-state index in [0.717, 1.165) is 24.1 Å². The van der Waals surface area contributed by atoms with E-state index in [9.17, 15) is 0 Å². The first-order valence-electron chi connectivity index (χ1n) is 4.97. The summed E-state index contributed by atoms with van der Waals surface area (Å²) in [6.07, 6.45) is 0. The van der Waals surface area contributed by atoms with E-state index < -0.39 is 0 Å². The van der Waals surface area contributed by atoms with Gasteiger partial charge in [0.25, 0.3) is 0 Å². The Balaban J connectivity index is 2.34. The van der Waals surface area contributed by atoms with Crippen LogP contribution >= 0.6 is 15.9 Å². The standard InChI is InChI=1S/C11H15BrN2/c1-8-7-14(5-4-13)11-3-2-9(12)6-10(8)11/h2-3,6,8H,4-5,7,13H2,1H3. The summed E-state index contributed by atoms with van der Waals surface area (Å²) in [5.41, 5.74) is 8.38. The predicted molar refractivity (Wildman–Crippen MR) is 63.8 cm³/mol. The van der Waals surface area contributed by atoms with Gasteiger partial charge in [-0.1, -0.05) is 22.9 Å². The molecule has 0 aromatic heterocycles. The van der Waals surface area contributed by atoms with Crippen LogP contribution in [0, 0.1) is 0 Å². The third-order valence-electron chi connectivity index (χ3n) is 2.75. The summed E-state index contributed by atoms with van der Waals surface area (Å²) in [6.45, 7) is 5.05. The largest absolute Gasteiger partial charge is 0.369 e. The molecule has 14 heavy (non-hydrogen) atoms. The van der Waals surface area contributed by atoms with Gasteiger partial charge in [0.1, 0.15) is 0 Å². The number of hydrogen-bond donors (Lipinski definition) is 1. The molecule has 2 rings (SSSR count). The first-order valence-corrected chi connectivity index (χ1v) is 5.76. The molecule has 3 heteroatoms. The minimum absolute atomic E-state index is 0.619. The third kappa shape index (κ3) is 1.66. The van der Waals surface area contributed by atoms with Crippen molar-refractivity contribution in [1.82, 2.24) is 0 Å². The lowest BCUT2D eigenvalue weighted by atomic mass is 10.0. The average molecular weight is 255 g/mol. The van der Waals surface area contributed by atoms with Gasteiger partial charge in [-0.3, -0.25) is 0 Å². The molecule has 0 radical (unpaired) electrons. The summed E-state index contributed by atoms with van der Waals surface area (Å²) in [5, 5.41) is 0. The SMILES string of the molecule is CC1CN(CCN)c2ccc(Br)cc21. The van der Waals surface area contributed by atoms with Crippen LogP contribution < -0.4 is 10.6 Å². The Labute approximate surface area is 93.2 Å². The van der Waals surface area contributed by atoms with E-state index in [1.165, 1.54) is 11.3 Å². The molecule has 0 amide bonds. The molecule has 1 aliphatic rings. The quantitative estimate of drug-likeness (QED) is 0.878. The summed E-state index contributed by atoms with van der Waals surface area (Å²) in [7, 11) is 0. The first kappa shape index (κ1) is 9.99. The van der Waals surface area contributed by atoms with Crippen molar-refractivity contribution in [3.8, 4) is 0 Å². The Morgan fingerprint density at radius 2 is 2.36 bits per heavy atom. The number of anilines is 1. The number of halogens is 1. The predicted octanol–water partition coefficient (Wildman–Crippen LogP) is 2.33. The molecule has 0 aliphatic carbocycles.